The van der Waals surface area contributed by atoms with Gasteiger partial charge in [-0.3, -0.25) is 4.79 Å². The summed E-state index contributed by atoms with van der Waals surface area (Å²) in [5, 5.41) is 20.7. The molecule has 1 amide bonds. The second-order valence-electron chi connectivity index (χ2n) is 3.43. The number of carboxylic acids is 1. The Labute approximate surface area is 107 Å². The molecular formula is C11H12BrNO4. The summed E-state index contributed by atoms with van der Waals surface area (Å²) in [5.41, 5.74) is 0.0490. The number of carbonyl (C=O) groups is 2. The summed E-state index contributed by atoms with van der Waals surface area (Å²) in [6.07, 6.45) is 0.276. The normalized spacial score (nSPS) is 11.9. The van der Waals surface area contributed by atoms with E-state index in [1.165, 1.54) is 12.1 Å². The second-order valence-corrected chi connectivity index (χ2v) is 4.35. The summed E-state index contributed by atoms with van der Waals surface area (Å²) in [6.45, 7) is 1.65. The Morgan fingerprint density at radius 2 is 2.12 bits per heavy atom. The van der Waals surface area contributed by atoms with Crippen LogP contribution in [0.3, 0.4) is 0 Å². The van der Waals surface area contributed by atoms with Gasteiger partial charge in [-0.05, 0) is 24.6 Å². The Hall–Kier alpha value is -1.56. The Morgan fingerprint density at radius 1 is 1.47 bits per heavy atom. The molecule has 0 heterocycles. The lowest BCUT2D eigenvalue weighted by molar-refractivity contribution is -0.139. The highest BCUT2D eigenvalue weighted by atomic mass is 79.9. The highest BCUT2D eigenvalue weighted by molar-refractivity contribution is 9.10. The minimum absolute atomic E-state index is 0.0490. The van der Waals surface area contributed by atoms with E-state index in [0.29, 0.717) is 4.47 Å². The van der Waals surface area contributed by atoms with E-state index >= 15 is 0 Å². The third kappa shape index (κ3) is 3.45. The minimum atomic E-state index is -1.10. The van der Waals surface area contributed by atoms with Crippen LogP contribution < -0.4 is 5.32 Å². The first-order chi connectivity index (χ1) is 7.95. The van der Waals surface area contributed by atoms with Gasteiger partial charge >= 0.3 is 5.97 Å². The Balaban J connectivity index is 2.86. The molecule has 0 unspecified atom stereocenters. The molecule has 1 rings (SSSR count). The molecule has 6 heteroatoms. The molecular weight excluding hydrogens is 290 g/mol. The van der Waals surface area contributed by atoms with Gasteiger partial charge in [0.25, 0.3) is 5.91 Å². The number of rotatable bonds is 4. The molecule has 0 saturated carbocycles. The maximum absolute atomic E-state index is 11.7. The number of carbonyl (C=O) groups excluding carboxylic acids is 1. The van der Waals surface area contributed by atoms with Crippen molar-refractivity contribution in [1.29, 1.82) is 0 Å². The van der Waals surface area contributed by atoms with Gasteiger partial charge < -0.3 is 15.5 Å². The number of aliphatic carboxylic acids is 1. The van der Waals surface area contributed by atoms with E-state index in [9.17, 15) is 14.7 Å². The molecule has 0 fully saturated rings. The molecule has 0 spiro atoms. The molecule has 17 heavy (non-hydrogen) atoms. The van der Waals surface area contributed by atoms with E-state index in [4.69, 9.17) is 5.11 Å². The standard InChI is InChI=1S/C11H12BrNO4/c1-2-8(11(16)17)13-10(15)7-4-3-6(12)5-9(7)14/h3-5,8,14H,2H2,1H3,(H,13,15)(H,16,17)/t8-/m0/s1. The fourth-order valence-corrected chi connectivity index (χ4v) is 1.62. The molecule has 0 saturated heterocycles. The predicted molar refractivity (Wildman–Crippen MR) is 65.0 cm³/mol. The SMILES string of the molecule is CC[C@H](NC(=O)c1ccc(Br)cc1O)C(=O)O. The Kier molecular flexibility index (Phi) is 4.51. The predicted octanol–water partition coefficient (Wildman–Crippen LogP) is 1.75. The van der Waals surface area contributed by atoms with Crippen LogP contribution in [0, 0.1) is 0 Å². The number of benzene rings is 1. The van der Waals surface area contributed by atoms with Crippen molar-refractivity contribution < 1.29 is 19.8 Å². The number of halogens is 1. The molecule has 0 aliphatic rings. The number of nitrogens with one attached hydrogen (secondary N) is 1. The van der Waals surface area contributed by atoms with Crippen molar-refractivity contribution in [2.45, 2.75) is 19.4 Å². The lowest BCUT2D eigenvalue weighted by atomic mass is 10.1. The lowest BCUT2D eigenvalue weighted by Gasteiger charge is -2.12. The molecule has 0 bridgehead atoms. The summed E-state index contributed by atoms with van der Waals surface area (Å²) < 4.78 is 0.636. The van der Waals surface area contributed by atoms with Gasteiger partial charge in [0.1, 0.15) is 11.8 Å². The molecule has 0 radical (unpaired) electrons. The van der Waals surface area contributed by atoms with Crippen molar-refractivity contribution in [2.24, 2.45) is 0 Å². The van der Waals surface area contributed by atoms with Crippen LogP contribution in [0.1, 0.15) is 23.7 Å². The summed E-state index contributed by atoms with van der Waals surface area (Å²) >= 11 is 3.15. The van der Waals surface area contributed by atoms with Gasteiger partial charge in [0.15, 0.2) is 0 Å². The van der Waals surface area contributed by atoms with E-state index in [1.807, 2.05) is 0 Å². The van der Waals surface area contributed by atoms with Gasteiger partial charge in [0.2, 0.25) is 0 Å². The number of aromatic hydroxyl groups is 1. The first-order valence-corrected chi connectivity index (χ1v) is 5.77. The average molecular weight is 302 g/mol. The molecule has 0 aromatic heterocycles. The van der Waals surface area contributed by atoms with Crippen LogP contribution >= 0.6 is 15.9 Å². The van der Waals surface area contributed by atoms with Gasteiger partial charge in [-0.2, -0.15) is 0 Å². The maximum Gasteiger partial charge on any atom is 0.326 e. The molecule has 3 N–H and O–H groups in total. The molecule has 1 aromatic rings. The zero-order chi connectivity index (χ0) is 13.0. The van der Waals surface area contributed by atoms with E-state index in [2.05, 4.69) is 21.2 Å². The van der Waals surface area contributed by atoms with Gasteiger partial charge in [-0.15, -0.1) is 0 Å². The number of hydrogen-bond acceptors (Lipinski definition) is 3. The quantitative estimate of drug-likeness (QED) is 0.791. The number of amides is 1. The first-order valence-electron chi connectivity index (χ1n) is 4.98. The van der Waals surface area contributed by atoms with Crippen molar-refractivity contribution >= 4 is 27.8 Å². The molecule has 1 atom stereocenters. The highest BCUT2D eigenvalue weighted by Gasteiger charge is 2.20. The largest absolute Gasteiger partial charge is 0.507 e. The van der Waals surface area contributed by atoms with Crippen LogP contribution in [0.25, 0.3) is 0 Å². The second kappa shape index (κ2) is 5.67. The smallest absolute Gasteiger partial charge is 0.326 e. The zero-order valence-corrected chi connectivity index (χ0v) is 10.7. The van der Waals surface area contributed by atoms with Crippen LogP contribution in [0.15, 0.2) is 22.7 Å². The lowest BCUT2D eigenvalue weighted by Crippen LogP contribution is -2.40. The monoisotopic (exact) mass is 301 g/mol. The summed E-state index contributed by atoms with van der Waals surface area (Å²) in [6, 6.07) is 3.43. The molecule has 1 aromatic carbocycles. The van der Waals surface area contributed by atoms with Crippen molar-refractivity contribution in [3.05, 3.63) is 28.2 Å². The molecule has 0 aliphatic carbocycles. The topological polar surface area (TPSA) is 86.6 Å². The number of phenolic OH excluding ortho intramolecular Hbond substituents is 1. The zero-order valence-electron chi connectivity index (χ0n) is 9.11. The van der Waals surface area contributed by atoms with Crippen molar-refractivity contribution in [3.63, 3.8) is 0 Å². The molecule has 0 aliphatic heterocycles. The van der Waals surface area contributed by atoms with E-state index in [-0.39, 0.29) is 17.7 Å². The third-order valence-corrected chi connectivity index (χ3v) is 2.71. The summed E-state index contributed by atoms with van der Waals surface area (Å²) in [7, 11) is 0. The van der Waals surface area contributed by atoms with E-state index < -0.39 is 17.9 Å². The van der Waals surface area contributed by atoms with Crippen molar-refractivity contribution in [2.75, 3.05) is 0 Å². The Morgan fingerprint density at radius 3 is 2.59 bits per heavy atom. The van der Waals surface area contributed by atoms with Crippen LogP contribution in [0.5, 0.6) is 5.75 Å². The van der Waals surface area contributed by atoms with Gasteiger partial charge in [-0.25, -0.2) is 4.79 Å². The minimum Gasteiger partial charge on any atom is -0.507 e. The Bertz CT molecular complexity index is 447. The van der Waals surface area contributed by atoms with Gasteiger partial charge in [-0.1, -0.05) is 22.9 Å². The van der Waals surface area contributed by atoms with Gasteiger partial charge in [0.05, 0.1) is 5.56 Å². The van der Waals surface area contributed by atoms with Crippen molar-refractivity contribution in [3.8, 4) is 5.75 Å². The van der Waals surface area contributed by atoms with E-state index in [0.717, 1.165) is 0 Å². The average Bonchev–Trinajstić information content (AvgIpc) is 2.24. The number of carboxylic acid groups (broad SMARTS) is 1. The fourth-order valence-electron chi connectivity index (χ4n) is 1.27. The van der Waals surface area contributed by atoms with E-state index in [1.54, 1.807) is 13.0 Å². The molecule has 92 valence electrons. The first kappa shape index (κ1) is 13.5. The molecule has 5 nitrogen and oxygen atoms in total. The number of hydrogen-bond donors (Lipinski definition) is 3. The van der Waals surface area contributed by atoms with Crippen LogP contribution in [0.4, 0.5) is 0 Å². The maximum atomic E-state index is 11.7. The van der Waals surface area contributed by atoms with Crippen LogP contribution in [0.2, 0.25) is 0 Å². The summed E-state index contributed by atoms with van der Waals surface area (Å²) in [5.74, 6) is -1.90. The third-order valence-electron chi connectivity index (χ3n) is 2.22. The van der Waals surface area contributed by atoms with Crippen LogP contribution in [-0.2, 0) is 4.79 Å². The summed E-state index contributed by atoms with van der Waals surface area (Å²) in [4.78, 5) is 22.5. The fraction of sp³-hybridized carbons (Fsp3) is 0.273. The van der Waals surface area contributed by atoms with Gasteiger partial charge in [0, 0.05) is 4.47 Å². The van der Waals surface area contributed by atoms with Crippen LogP contribution in [-0.4, -0.2) is 28.1 Å². The number of phenols is 1. The van der Waals surface area contributed by atoms with Crippen molar-refractivity contribution in [1.82, 2.24) is 5.32 Å². The highest BCUT2D eigenvalue weighted by Crippen LogP contribution is 2.22.